The summed E-state index contributed by atoms with van der Waals surface area (Å²) in [4.78, 5) is 55.0. The maximum Gasteiger partial charge on any atom is 0.345 e. The number of nitrogens with zero attached hydrogens (tertiary/aromatic N) is 4. The molecular formula is C28H22ClF2N7O4. The maximum atomic E-state index is 15.7. The Kier molecular flexibility index (Phi) is 6.81. The number of allylic oxidation sites excluding steroid dienone is 4. The van der Waals surface area contributed by atoms with Crippen LogP contribution in [0, 0.1) is 5.82 Å². The number of urea groups is 1. The number of rotatable bonds is 6. The van der Waals surface area contributed by atoms with Gasteiger partial charge in [0, 0.05) is 17.4 Å². The number of aromatic nitrogens is 2. The summed E-state index contributed by atoms with van der Waals surface area (Å²) in [7, 11) is 0. The van der Waals surface area contributed by atoms with E-state index in [0.717, 1.165) is 4.90 Å². The van der Waals surface area contributed by atoms with E-state index in [1.54, 1.807) is 36.4 Å². The predicted octanol–water partition coefficient (Wildman–Crippen LogP) is 2.90. The molecule has 214 valence electrons. The highest BCUT2D eigenvalue weighted by Gasteiger charge is 2.40. The standard InChI is InChI=1S/C28H22ClF2N7O4/c29-22-14(8-9-18-25(22)35-28(42)34-18)15-5-3-6-17(23(15)31)33-27(41)20-10-13(30)11-37(20)21(39)12-38-19-7-2-1-4-16(19)24(36-38)26(32)40/h1-9,13,20,22H,10-12H2,(H2,32,40)(H,33,41)(H,34,42)/t13-,20+,22?/m1/s1. The van der Waals surface area contributed by atoms with Crippen molar-refractivity contribution in [3.05, 3.63) is 77.4 Å². The van der Waals surface area contributed by atoms with Gasteiger partial charge in [0.1, 0.15) is 24.1 Å². The Hall–Kier alpha value is -4.91. The zero-order chi connectivity index (χ0) is 29.7. The van der Waals surface area contributed by atoms with Crippen LogP contribution in [0.4, 0.5) is 19.3 Å². The van der Waals surface area contributed by atoms with Crippen LogP contribution in [0.3, 0.4) is 0 Å². The van der Waals surface area contributed by atoms with Crippen molar-refractivity contribution in [2.24, 2.45) is 10.7 Å². The Morgan fingerprint density at radius 1 is 1.14 bits per heavy atom. The van der Waals surface area contributed by atoms with Crippen molar-refractivity contribution in [3.8, 4) is 0 Å². The molecular weight excluding hydrogens is 572 g/mol. The Morgan fingerprint density at radius 2 is 1.93 bits per heavy atom. The molecule has 2 aliphatic heterocycles. The topological polar surface area (TPSA) is 152 Å². The van der Waals surface area contributed by atoms with Gasteiger partial charge in [0.25, 0.3) is 5.91 Å². The maximum absolute atomic E-state index is 15.7. The van der Waals surface area contributed by atoms with E-state index in [1.165, 1.54) is 22.9 Å². The van der Waals surface area contributed by atoms with Gasteiger partial charge in [-0.15, -0.1) is 11.6 Å². The summed E-state index contributed by atoms with van der Waals surface area (Å²) in [6.07, 6.45) is 1.34. The molecule has 1 unspecified atom stereocenters. The predicted molar refractivity (Wildman–Crippen MR) is 150 cm³/mol. The molecule has 1 aromatic heterocycles. The summed E-state index contributed by atoms with van der Waals surface area (Å²) in [5, 5.41) is 8.70. The second-order valence-electron chi connectivity index (χ2n) is 9.93. The quantitative estimate of drug-likeness (QED) is 0.375. The van der Waals surface area contributed by atoms with Gasteiger partial charge in [-0.3, -0.25) is 19.1 Å². The normalized spacial score (nSPS) is 21.4. The van der Waals surface area contributed by atoms with Gasteiger partial charge in [-0.25, -0.2) is 13.6 Å². The average molecular weight is 594 g/mol. The zero-order valence-electron chi connectivity index (χ0n) is 21.7. The van der Waals surface area contributed by atoms with Crippen molar-refractivity contribution in [2.45, 2.75) is 30.6 Å². The first kappa shape index (κ1) is 27.3. The molecule has 11 nitrogen and oxygen atoms in total. The highest BCUT2D eigenvalue weighted by atomic mass is 35.5. The van der Waals surface area contributed by atoms with E-state index in [2.05, 4.69) is 20.7 Å². The molecule has 3 atom stereocenters. The second kappa shape index (κ2) is 10.5. The first-order valence-corrected chi connectivity index (χ1v) is 13.3. The van der Waals surface area contributed by atoms with Gasteiger partial charge >= 0.3 is 6.03 Å². The summed E-state index contributed by atoms with van der Waals surface area (Å²) in [6.45, 7) is -0.720. The SMILES string of the molecule is NC(=O)c1nn(CC(=O)N2C[C@H](F)C[C@H]2C(=O)Nc2cccc(C3=CC=C4NC(=O)N=C4C3Cl)c2F)c2ccccc12. The van der Waals surface area contributed by atoms with Crippen molar-refractivity contribution in [3.63, 3.8) is 0 Å². The number of hydrogen-bond acceptors (Lipinski definition) is 5. The number of para-hydroxylation sites is 1. The molecule has 6 rings (SSSR count). The van der Waals surface area contributed by atoms with Gasteiger partial charge in [-0.2, -0.15) is 10.1 Å². The van der Waals surface area contributed by atoms with E-state index in [-0.39, 0.29) is 42.2 Å². The Bertz CT molecular complexity index is 1780. The monoisotopic (exact) mass is 593 g/mol. The summed E-state index contributed by atoms with van der Waals surface area (Å²) in [6, 6.07) is 9.19. The highest BCUT2D eigenvalue weighted by Crippen LogP contribution is 2.34. The summed E-state index contributed by atoms with van der Waals surface area (Å²) in [5.41, 5.74) is 6.76. The minimum absolute atomic E-state index is 0.0188. The van der Waals surface area contributed by atoms with Crippen LogP contribution in [0.5, 0.6) is 0 Å². The van der Waals surface area contributed by atoms with Crippen LogP contribution in [0.2, 0.25) is 0 Å². The number of carbonyl (C=O) groups excluding carboxylic acids is 4. The molecule has 3 heterocycles. The van der Waals surface area contributed by atoms with Gasteiger partial charge in [0.15, 0.2) is 11.5 Å². The number of anilines is 1. The van der Waals surface area contributed by atoms with Gasteiger partial charge in [0.2, 0.25) is 11.8 Å². The van der Waals surface area contributed by atoms with Crippen LogP contribution in [0.25, 0.3) is 16.5 Å². The van der Waals surface area contributed by atoms with E-state index in [0.29, 0.717) is 22.2 Å². The first-order valence-electron chi connectivity index (χ1n) is 12.9. The van der Waals surface area contributed by atoms with Crippen molar-refractivity contribution < 1.29 is 28.0 Å². The minimum Gasteiger partial charge on any atom is -0.364 e. The molecule has 42 heavy (non-hydrogen) atoms. The molecule has 2 aromatic carbocycles. The van der Waals surface area contributed by atoms with Crippen LogP contribution in [-0.4, -0.2) is 68.3 Å². The van der Waals surface area contributed by atoms with Crippen LogP contribution < -0.4 is 16.4 Å². The number of amides is 5. The van der Waals surface area contributed by atoms with Crippen molar-refractivity contribution in [1.82, 2.24) is 20.0 Å². The van der Waals surface area contributed by atoms with E-state index < -0.39 is 47.2 Å². The first-order chi connectivity index (χ1) is 20.1. The number of hydrogen-bond donors (Lipinski definition) is 3. The molecule has 0 bridgehead atoms. The van der Waals surface area contributed by atoms with Crippen LogP contribution >= 0.6 is 11.6 Å². The molecule has 1 aliphatic carbocycles. The third kappa shape index (κ3) is 4.71. The van der Waals surface area contributed by atoms with Crippen LogP contribution in [-0.2, 0) is 16.1 Å². The molecule has 5 amide bonds. The highest BCUT2D eigenvalue weighted by molar-refractivity contribution is 6.43. The molecule has 0 spiro atoms. The fourth-order valence-electron chi connectivity index (χ4n) is 5.35. The number of fused-ring (bicyclic) bond motifs is 2. The second-order valence-corrected chi connectivity index (χ2v) is 10.4. The summed E-state index contributed by atoms with van der Waals surface area (Å²) < 4.78 is 31.5. The van der Waals surface area contributed by atoms with E-state index >= 15 is 4.39 Å². The fourth-order valence-corrected chi connectivity index (χ4v) is 5.71. The van der Waals surface area contributed by atoms with Crippen LogP contribution in [0.15, 0.2) is 65.3 Å². The van der Waals surface area contributed by atoms with Gasteiger partial charge in [-0.05, 0) is 23.8 Å². The average Bonchev–Trinajstić information content (AvgIpc) is 3.65. The number of nitrogens with two attached hydrogens (primary N) is 1. The molecule has 0 radical (unpaired) electrons. The number of halogens is 3. The lowest BCUT2D eigenvalue weighted by Gasteiger charge is -2.24. The zero-order valence-corrected chi connectivity index (χ0v) is 22.4. The number of primary amides is 1. The lowest BCUT2D eigenvalue weighted by molar-refractivity contribution is -0.137. The fraction of sp³-hybridized carbons (Fsp3) is 0.214. The molecule has 1 saturated heterocycles. The van der Waals surface area contributed by atoms with E-state index in [9.17, 15) is 23.6 Å². The third-order valence-corrected chi connectivity index (χ3v) is 7.74. The Balaban J connectivity index is 1.22. The van der Waals surface area contributed by atoms with Crippen LogP contribution in [0.1, 0.15) is 22.5 Å². The Labute approximate surface area is 241 Å². The number of nitrogens with one attached hydrogen (secondary N) is 2. The van der Waals surface area contributed by atoms with E-state index in [1.807, 2.05) is 0 Å². The number of benzene rings is 2. The molecule has 4 N–H and O–H groups in total. The van der Waals surface area contributed by atoms with Crippen molar-refractivity contribution in [1.29, 1.82) is 0 Å². The van der Waals surface area contributed by atoms with Gasteiger partial charge < -0.3 is 21.3 Å². The smallest absolute Gasteiger partial charge is 0.345 e. The number of carbonyl (C=O) groups is 4. The van der Waals surface area contributed by atoms with Crippen molar-refractivity contribution in [2.75, 3.05) is 11.9 Å². The number of alkyl halides is 2. The Morgan fingerprint density at radius 3 is 2.71 bits per heavy atom. The summed E-state index contributed by atoms with van der Waals surface area (Å²) in [5.74, 6) is -2.97. The largest absolute Gasteiger partial charge is 0.364 e. The number of likely N-dealkylation sites (tertiary alicyclic amines) is 1. The molecule has 3 aliphatic rings. The lowest BCUT2D eigenvalue weighted by atomic mass is 9.93. The molecule has 1 fully saturated rings. The van der Waals surface area contributed by atoms with Gasteiger partial charge in [0.05, 0.1) is 29.2 Å². The number of aliphatic imine (C=N–C) groups is 1. The van der Waals surface area contributed by atoms with E-state index in [4.69, 9.17) is 17.3 Å². The summed E-state index contributed by atoms with van der Waals surface area (Å²) >= 11 is 6.50. The molecule has 14 heteroatoms. The molecule has 0 saturated carbocycles. The van der Waals surface area contributed by atoms with Crippen molar-refractivity contribution >= 4 is 63.2 Å². The minimum atomic E-state index is -1.48. The lowest BCUT2D eigenvalue weighted by Crippen LogP contribution is -2.44. The van der Waals surface area contributed by atoms with Gasteiger partial charge in [-0.1, -0.05) is 36.4 Å². The third-order valence-electron chi connectivity index (χ3n) is 7.30. The molecule has 3 aromatic rings.